The molecule has 2 N–H and O–H groups in total. The van der Waals surface area contributed by atoms with Gasteiger partial charge in [-0.15, -0.1) is 0 Å². The average molecular weight is 344 g/mol. The van der Waals surface area contributed by atoms with Crippen LogP contribution in [0, 0.1) is 12.8 Å². The van der Waals surface area contributed by atoms with E-state index in [2.05, 4.69) is 20.4 Å². The summed E-state index contributed by atoms with van der Waals surface area (Å²) in [4.78, 5) is 20.6. The SMILES string of the molecule is Cc1nc([C@H](O)NC(=O)c2ccc(C3CC3)c(OCC3CC3)n2)no1. The monoisotopic (exact) mass is 344 g/mol. The molecule has 0 saturated heterocycles. The minimum atomic E-state index is -1.36. The Morgan fingerprint density at radius 1 is 1.36 bits per heavy atom. The minimum Gasteiger partial charge on any atom is -0.477 e. The van der Waals surface area contributed by atoms with Crippen LogP contribution in [-0.2, 0) is 0 Å². The molecule has 2 aromatic heterocycles. The van der Waals surface area contributed by atoms with E-state index in [1.165, 1.54) is 12.8 Å². The van der Waals surface area contributed by atoms with Gasteiger partial charge in [0.1, 0.15) is 5.69 Å². The second-order valence-corrected chi connectivity index (χ2v) is 6.67. The highest BCUT2D eigenvalue weighted by atomic mass is 16.5. The molecule has 132 valence electrons. The molecule has 0 aromatic carbocycles. The van der Waals surface area contributed by atoms with Crippen LogP contribution in [0.4, 0.5) is 0 Å². The lowest BCUT2D eigenvalue weighted by Crippen LogP contribution is -2.29. The fraction of sp³-hybridized carbons (Fsp3) is 0.529. The first-order valence-electron chi connectivity index (χ1n) is 8.53. The second-order valence-electron chi connectivity index (χ2n) is 6.67. The lowest BCUT2D eigenvalue weighted by molar-refractivity contribution is 0.0752. The van der Waals surface area contributed by atoms with E-state index in [9.17, 15) is 9.90 Å². The lowest BCUT2D eigenvalue weighted by atomic mass is 10.1. The van der Waals surface area contributed by atoms with Gasteiger partial charge in [0.2, 0.25) is 17.6 Å². The number of nitrogens with zero attached hydrogens (tertiary/aromatic N) is 3. The van der Waals surface area contributed by atoms with Gasteiger partial charge in [0.25, 0.3) is 5.91 Å². The van der Waals surface area contributed by atoms with E-state index < -0.39 is 12.1 Å². The van der Waals surface area contributed by atoms with E-state index >= 15 is 0 Å². The highest BCUT2D eigenvalue weighted by Gasteiger charge is 2.30. The number of aliphatic hydroxyl groups excluding tert-OH is 1. The summed E-state index contributed by atoms with van der Waals surface area (Å²) in [5.41, 5.74) is 1.25. The molecule has 2 aromatic rings. The summed E-state index contributed by atoms with van der Waals surface area (Å²) in [6.45, 7) is 2.25. The maximum Gasteiger partial charge on any atom is 0.272 e. The number of aliphatic hydroxyl groups is 1. The summed E-state index contributed by atoms with van der Waals surface area (Å²) in [6, 6.07) is 3.55. The lowest BCUT2D eigenvalue weighted by Gasteiger charge is -2.13. The zero-order valence-electron chi connectivity index (χ0n) is 13.9. The van der Waals surface area contributed by atoms with Crippen molar-refractivity contribution in [3.8, 4) is 5.88 Å². The van der Waals surface area contributed by atoms with Crippen LogP contribution in [0.5, 0.6) is 5.88 Å². The van der Waals surface area contributed by atoms with Crippen molar-refractivity contribution in [1.29, 1.82) is 0 Å². The van der Waals surface area contributed by atoms with Gasteiger partial charge in [-0.2, -0.15) is 4.98 Å². The number of pyridine rings is 1. The van der Waals surface area contributed by atoms with Gasteiger partial charge < -0.3 is 19.7 Å². The van der Waals surface area contributed by atoms with Gasteiger partial charge in [0.15, 0.2) is 6.23 Å². The van der Waals surface area contributed by atoms with Gasteiger partial charge in [0, 0.05) is 12.5 Å². The van der Waals surface area contributed by atoms with Crippen molar-refractivity contribution in [2.24, 2.45) is 5.92 Å². The molecule has 0 bridgehead atoms. The normalized spacial score (nSPS) is 18.0. The molecule has 1 atom stereocenters. The van der Waals surface area contributed by atoms with Gasteiger partial charge in [-0.1, -0.05) is 11.2 Å². The Bertz CT molecular complexity index is 783. The third-order valence-corrected chi connectivity index (χ3v) is 4.35. The van der Waals surface area contributed by atoms with Gasteiger partial charge in [0.05, 0.1) is 6.61 Å². The highest BCUT2D eigenvalue weighted by molar-refractivity contribution is 5.92. The molecular weight excluding hydrogens is 324 g/mol. The summed E-state index contributed by atoms with van der Waals surface area (Å²) in [5, 5.41) is 16.0. The second kappa shape index (κ2) is 6.44. The predicted octanol–water partition coefficient (Wildman–Crippen LogP) is 1.86. The number of amides is 1. The number of rotatable bonds is 7. The van der Waals surface area contributed by atoms with Crippen molar-refractivity contribution in [2.75, 3.05) is 6.61 Å². The molecule has 4 rings (SSSR count). The van der Waals surface area contributed by atoms with Crippen LogP contribution in [0.15, 0.2) is 16.7 Å². The zero-order chi connectivity index (χ0) is 17.4. The molecule has 25 heavy (non-hydrogen) atoms. The third-order valence-electron chi connectivity index (χ3n) is 4.35. The number of hydrogen-bond acceptors (Lipinski definition) is 7. The Kier molecular flexibility index (Phi) is 4.12. The molecular formula is C17H20N4O4. The first-order chi connectivity index (χ1) is 12.1. The topological polar surface area (TPSA) is 110 Å². The van der Waals surface area contributed by atoms with Crippen LogP contribution < -0.4 is 10.1 Å². The predicted molar refractivity (Wildman–Crippen MR) is 85.9 cm³/mol. The Hall–Kier alpha value is -2.48. The molecule has 0 unspecified atom stereocenters. The van der Waals surface area contributed by atoms with Crippen molar-refractivity contribution in [3.63, 3.8) is 0 Å². The Morgan fingerprint density at radius 2 is 2.16 bits per heavy atom. The number of aromatic nitrogens is 3. The molecule has 8 nitrogen and oxygen atoms in total. The highest BCUT2D eigenvalue weighted by Crippen LogP contribution is 2.44. The maximum atomic E-state index is 12.4. The van der Waals surface area contributed by atoms with E-state index in [4.69, 9.17) is 9.26 Å². The first kappa shape index (κ1) is 16.0. The van der Waals surface area contributed by atoms with Crippen molar-refractivity contribution in [2.45, 2.75) is 44.8 Å². The van der Waals surface area contributed by atoms with Crippen LogP contribution in [-0.4, -0.2) is 32.7 Å². The van der Waals surface area contributed by atoms with Gasteiger partial charge in [-0.3, -0.25) is 4.79 Å². The number of carbonyl (C=O) groups is 1. The molecule has 1 amide bonds. The first-order valence-corrected chi connectivity index (χ1v) is 8.53. The Morgan fingerprint density at radius 3 is 2.80 bits per heavy atom. The molecule has 0 spiro atoms. The largest absolute Gasteiger partial charge is 0.477 e. The van der Waals surface area contributed by atoms with E-state index in [-0.39, 0.29) is 11.5 Å². The number of nitrogens with one attached hydrogen (secondary N) is 1. The summed E-state index contributed by atoms with van der Waals surface area (Å²) >= 11 is 0. The molecule has 2 heterocycles. The summed E-state index contributed by atoms with van der Waals surface area (Å²) in [7, 11) is 0. The van der Waals surface area contributed by atoms with Crippen LogP contribution in [0.25, 0.3) is 0 Å². The molecule has 2 saturated carbocycles. The van der Waals surface area contributed by atoms with E-state index in [0.29, 0.717) is 30.2 Å². The molecule has 2 aliphatic carbocycles. The van der Waals surface area contributed by atoms with Crippen molar-refractivity contribution >= 4 is 5.91 Å². The molecule has 2 fully saturated rings. The zero-order valence-corrected chi connectivity index (χ0v) is 13.9. The average Bonchev–Trinajstić information content (AvgIpc) is 3.52. The van der Waals surface area contributed by atoms with Gasteiger partial charge >= 0.3 is 0 Å². The van der Waals surface area contributed by atoms with Gasteiger partial charge in [-0.25, -0.2) is 4.98 Å². The summed E-state index contributed by atoms with van der Waals surface area (Å²) in [5.74, 6) is 1.42. The molecule has 8 heteroatoms. The number of aryl methyl sites for hydroxylation is 1. The smallest absolute Gasteiger partial charge is 0.272 e. The molecule has 2 aliphatic rings. The fourth-order valence-electron chi connectivity index (χ4n) is 2.57. The Labute approximate surface area is 144 Å². The quantitative estimate of drug-likeness (QED) is 0.738. The van der Waals surface area contributed by atoms with Crippen LogP contribution in [0.2, 0.25) is 0 Å². The van der Waals surface area contributed by atoms with Crippen molar-refractivity contribution in [3.05, 3.63) is 35.1 Å². The number of carbonyl (C=O) groups excluding carboxylic acids is 1. The minimum absolute atomic E-state index is 0.00524. The van der Waals surface area contributed by atoms with Crippen molar-refractivity contribution < 1.29 is 19.2 Å². The molecule has 0 radical (unpaired) electrons. The van der Waals surface area contributed by atoms with Crippen LogP contribution in [0.1, 0.15) is 65.6 Å². The van der Waals surface area contributed by atoms with Crippen molar-refractivity contribution in [1.82, 2.24) is 20.4 Å². The van der Waals surface area contributed by atoms with Crippen LogP contribution >= 0.6 is 0 Å². The maximum absolute atomic E-state index is 12.4. The summed E-state index contributed by atoms with van der Waals surface area (Å²) < 4.78 is 10.6. The third kappa shape index (κ3) is 3.79. The number of hydrogen-bond donors (Lipinski definition) is 2. The van der Waals surface area contributed by atoms with Crippen LogP contribution in [0.3, 0.4) is 0 Å². The van der Waals surface area contributed by atoms with Gasteiger partial charge in [-0.05, 0) is 43.6 Å². The molecule has 0 aliphatic heterocycles. The standard InChI is InChI=1S/C17H20N4O4/c1-9-18-14(21-25-9)16(23)20-15(22)13-7-6-12(11-4-5-11)17(19-13)24-8-10-2-3-10/h6-7,10-11,16,23H,2-5,8H2,1H3,(H,20,22)/t16-/m0/s1. The van der Waals surface area contributed by atoms with E-state index in [1.54, 1.807) is 13.0 Å². The number of ether oxygens (including phenoxy) is 1. The fourth-order valence-corrected chi connectivity index (χ4v) is 2.57. The van der Waals surface area contributed by atoms with E-state index in [1.807, 2.05) is 6.07 Å². The Balaban J connectivity index is 1.48. The summed E-state index contributed by atoms with van der Waals surface area (Å²) in [6.07, 6.45) is 3.28. The van der Waals surface area contributed by atoms with E-state index in [0.717, 1.165) is 18.4 Å².